The fourth-order valence-corrected chi connectivity index (χ4v) is 5.42. The Morgan fingerprint density at radius 1 is 0.583 bits per heavy atom. The van der Waals surface area contributed by atoms with Crippen molar-refractivity contribution in [3.63, 3.8) is 0 Å². The van der Waals surface area contributed by atoms with Gasteiger partial charge in [-0.2, -0.15) is 0 Å². The minimum Gasteiger partial charge on any atom is -0.367 e. The van der Waals surface area contributed by atoms with Crippen molar-refractivity contribution in [2.45, 2.75) is 74.4 Å². The summed E-state index contributed by atoms with van der Waals surface area (Å²) in [5.74, 6) is 0. The van der Waals surface area contributed by atoms with Gasteiger partial charge in [0.1, 0.15) is 0 Å². The second-order valence-corrected chi connectivity index (χ2v) is 10.8. The van der Waals surface area contributed by atoms with Gasteiger partial charge in [-0.05, 0) is 96.3 Å². The van der Waals surface area contributed by atoms with Crippen molar-refractivity contribution < 1.29 is 0 Å². The molecule has 192 valence electrons. The Labute approximate surface area is 220 Å². The fraction of sp³-hybridized carbons (Fsp3) is 0.412. The molecule has 0 heterocycles. The molecule has 0 atom stereocenters. The highest BCUT2D eigenvalue weighted by atomic mass is 15.1. The summed E-state index contributed by atoms with van der Waals surface area (Å²) < 4.78 is 0. The van der Waals surface area contributed by atoms with Crippen LogP contribution in [0.2, 0.25) is 0 Å². The van der Waals surface area contributed by atoms with E-state index in [1.807, 2.05) is 0 Å². The molecule has 2 nitrogen and oxygen atoms in total. The third-order valence-corrected chi connectivity index (χ3v) is 6.88. The van der Waals surface area contributed by atoms with Crippen molar-refractivity contribution in [3.8, 4) is 0 Å². The average molecular weight is 483 g/mol. The smallest absolute Gasteiger partial charge is 0.0429 e. The number of benzene rings is 3. The lowest BCUT2D eigenvalue weighted by Crippen LogP contribution is -2.26. The van der Waals surface area contributed by atoms with Crippen molar-refractivity contribution in [2.75, 3.05) is 19.6 Å². The Hall–Kier alpha value is -2.84. The van der Waals surface area contributed by atoms with Crippen molar-refractivity contribution in [3.05, 3.63) is 111 Å². The minimum atomic E-state index is 0.897. The molecule has 0 saturated carbocycles. The van der Waals surface area contributed by atoms with E-state index in [1.54, 1.807) is 0 Å². The van der Waals surface area contributed by atoms with E-state index in [-0.39, 0.29) is 0 Å². The first-order chi connectivity index (χ1) is 17.1. The van der Waals surface area contributed by atoms with E-state index in [0.29, 0.717) is 0 Å². The molecule has 3 aromatic rings. The standard InChI is InChI=1S/C34H46N2/c1-9-35(23-32-17-25(2)14-26(3)18-32)12-10-11-13-36(24-33-19-27(4)15-28(5)20-33)31(8)34-21-29(6)16-30(7)22-34/h14-22H,8-13,23-24H2,1-7H3. The molecule has 3 rings (SSSR count). The van der Waals surface area contributed by atoms with Crippen molar-refractivity contribution in [2.24, 2.45) is 0 Å². The molecule has 0 bridgehead atoms. The zero-order valence-corrected chi connectivity index (χ0v) is 23.7. The first-order valence-electron chi connectivity index (χ1n) is 13.5. The molecule has 0 fully saturated rings. The number of unbranched alkanes of at least 4 members (excludes halogenated alkanes) is 1. The summed E-state index contributed by atoms with van der Waals surface area (Å²) in [5, 5.41) is 0. The maximum Gasteiger partial charge on any atom is 0.0429 e. The normalized spacial score (nSPS) is 11.2. The summed E-state index contributed by atoms with van der Waals surface area (Å²) in [4.78, 5) is 5.06. The predicted molar refractivity (Wildman–Crippen MR) is 157 cm³/mol. The van der Waals surface area contributed by atoms with Crippen LogP contribution in [-0.2, 0) is 13.1 Å². The van der Waals surface area contributed by atoms with E-state index in [2.05, 4.69) is 119 Å². The predicted octanol–water partition coefficient (Wildman–Crippen LogP) is 8.31. The van der Waals surface area contributed by atoms with Gasteiger partial charge in [0.25, 0.3) is 0 Å². The van der Waals surface area contributed by atoms with Gasteiger partial charge in [0, 0.05) is 25.3 Å². The molecular weight excluding hydrogens is 436 g/mol. The van der Waals surface area contributed by atoms with Crippen LogP contribution in [0.1, 0.15) is 69.8 Å². The van der Waals surface area contributed by atoms with Crippen LogP contribution < -0.4 is 0 Å². The lowest BCUT2D eigenvalue weighted by molar-refractivity contribution is 0.266. The lowest BCUT2D eigenvalue weighted by atomic mass is 10.0. The van der Waals surface area contributed by atoms with Crippen LogP contribution in [0.5, 0.6) is 0 Å². The Balaban J connectivity index is 1.67. The van der Waals surface area contributed by atoms with Crippen LogP contribution in [-0.4, -0.2) is 29.4 Å². The Morgan fingerprint density at radius 3 is 1.47 bits per heavy atom. The van der Waals surface area contributed by atoms with Gasteiger partial charge in [-0.25, -0.2) is 0 Å². The largest absolute Gasteiger partial charge is 0.367 e. The topological polar surface area (TPSA) is 6.48 Å². The quantitative estimate of drug-likeness (QED) is 0.239. The molecule has 3 aromatic carbocycles. The lowest BCUT2D eigenvalue weighted by Gasteiger charge is -2.29. The van der Waals surface area contributed by atoms with Gasteiger partial charge >= 0.3 is 0 Å². The van der Waals surface area contributed by atoms with E-state index in [0.717, 1.165) is 44.8 Å². The van der Waals surface area contributed by atoms with Crippen LogP contribution >= 0.6 is 0 Å². The molecule has 36 heavy (non-hydrogen) atoms. The third kappa shape index (κ3) is 8.38. The van der Waals surface area contributed by atoms with Gasteiger partial charge in [0.15, 0.2) is 0 Å². The molecule has 0 aliphatic carbocycles. The molecule has 0 amide bonds. The van der Waals surface area contributed by atoms with E-state index in [9.17, 15) is 0 Å². The highest BCUT2D eigenvalue weighted by Gasteiger charge is 2.13. The molecular formula is C34H46N2. The Bertz CT molecular complexity index is 1110. The second-order valence-electron chi connectivity index (χ2n) is 10.8. The first-order valence-corrected chi connectivity index (χ1v) is 13.5. The third-order valence-electron chi connectivity index (χ3n) is 6.88. The van der Waals surface area contributed by atoms with E-state index < -0.39 is 0 Å². The summed E-state index contributed by atoms with van der Waals surface area (Å²) in [6.45, 7) is 25.1. The van der Waals surface area contributed by atoms with E-state index >= 15 is 0 Å². The maximum absolute atomic E-state index is 4.57. The number of nitrogens with zero attached hydrogens (tertiary/aromatic N) is 2. The van der Waals surface area contributed by atoms with E-state index in [4.69, 9.17) is 0 Å². The van der Waals surface area contributed by atoms with E-state index in [1.165, 1.54) is 56.5 Å². The number of rotatable bonds is 12. The van der Waals surface area contributed by atoms with Gasteiger partial charge in [-0.3, -0.25) is 4.90 Å². The fourth-order valence-electron chi connectivity index (χ4n) is 5.42. The van der Waals surface area contributed by atoms with Crippen LogP contribution in [0.4, 0.5) is 0 Å². The minimum absolute atomic E-state index is 0.897. The molecule has 0 spiro atoms. The van der Waals surface area contributed by atoms with Crippen LogP contribution in [0.3, 0.4) is 0 Å². The van der Waals surface area contributed by atoms with Crippen molar-refractivity contribution in [1.29, 1.82) is 0 Å². The molecule has 0 unspecified atom stereocenters. The van der Waals surface area contributed by atoms with Gasteiger partial charge in [-0.15, -0.1) is 0 Å². The Morgan fingerprint density at radius 2 is 1.00 bits per heavy atom. The summed E-state index contributed by atoms with van der Waals surface area (Å²) >= 11 is 0. The molecule has 0 aliphatic heterocycles. The highest BCUT2D eigenvalue weighted by molar-refractivity contribution is 5.63. The SMILES string of the molecule is C=C(c1cc(C)cc(C)c1)N(CCCCN(CC)Cc1cc(C)cc(C)c1)Cc1cc(C)cc(C)c1. The molecule has 0 saturated heterocycles. The summed E-state index contributed by atoms with van der Waals surface area (Å²) in [6, 6.07) is 20.6. The van der Waals surface area contributed by atoms with Gasteiger partial charge in [0.2, 0.25) is 0 Å². The van der Waals surface area contributed by atoms with Crippen LogP contribution in [0.25, 0.3) is 5.70 Å². The maximum atomic E-state index is 4.57. The first kappa shape index (κ1) is 27.7. The molecule has 2 heteroatoms. The summed E-state index contributed by atoms with van der Waals surface area (Å²) in [7, 11) is 0. The van der Waals surface area contributed by atoms with Gasteiger partial charge in [-0.1, -0.05) is 89.3 Å². The number of hydrogen-bond donors (Lipinski definition) is 0. The zero-order chi connectivity index (χ0) is 26.2. The highest BCUT2D eigenvalue weighted by Crippen LogP contribution is 2.24. The molecule has 0 aromatic heterocycles. The summed E-state index contributed by atoms with van der Waals surface area (Å²) in [6.07, 6.45) is 2.33. The average Bonchev–Trinajstić information content (AvgIpc) is 2.77. The molecule has 0 radical (unpaired) electrons. The second kappa shape index (κ2) is 12.9. The van der Waals surface area contributed by atoms with Crippen molar-refractivity contribution in [1.82, 2.24) is 9.80 Å². The van der Waals surface area contributed by atoms with Crippen molar-refractivity contribution >= 4 is 5.70 Å². The van der Waals surface area contributed by atoms with Gasteiger partial charge in [0.05, 0.1) is 0 Å². The zero-order valence-electron chi connectivity index (χ0n) is 23.7. The molecule has 0 aliphatic rings. The van der Waals surface area contributed by atoms with Gasteiger partial charge < -0.3 is 4.90 Å². The number of hydrogen-bond acceptors (Lipinski definition) is 2. The molecule has 0 N–H and O–H groups in total. The van der Waals surface area contributed by atoms with Crippen LogP contribution in [0, 0.1) is 41.5 Å². The monoisotopic (exact) mass is 482 g/mol. The Kier molecular flexibility index (Phi) is 9.96. The summed E-state index contributed by atoms with van der Waals surface area (Å²) in [5.41, 5.74) is 13.1. The van der Waals surface area contributed by atoms with Crippen LogP contribution in [0.15, 0.2) is 61.2 Å². The number of aryl methyl sites for hydroxylation is 6.